The molecule has 0 unspecified atom stereocenters. The molecule has 0 radical (unpaired) electrons. The second kappa shape index (κ2) is 4.72. The van der Waals surface area contributed by atoms with Gasteiger partial charge in [-0.1, -0.05) is 6.08 Å². The maximum atomic E-state index is 14.3. The summed E-state index contributed by atoms with van der Waals surface area (Å²) in [5.74, 6) is 0.167. The fourth-order valence-electron chi connectivity index (χ4n) is 2.42. The fraction of sp³-hybridized carbons (Fsp3) is 0.417. The van der Waals surface area contributed by atoms with Crippen molar-refractivity contribution in [1.29, 1.82) is 0 Å². The third kappa shape index (κ3) is 1.82. The zero-order valence-corrected chi connectivity index (χ0v) is 10.9. The number of imidazole rings is 1. The van der Waals surface area contributed by atoms with E-state index >= 15 is 0 Å². The SMILES string of the molecule is C=C[C@]1(CO)O[C@@H](n2cnc3c(N)ncnc32)[C@H](O)[C@@H]1F. The van der Waals surface area contributed by atoms with Crippen molar-refractivity contribution in [3.63, 3.8) is 0 Å². The van der Waals surface area contributed by atoms with Gasteiger partial charge < -0.3 is 20.7 Å². The Hall–Kier alpha value is -2.10. The first-order valence-corrected chi connectivity index (χ1v) is 6.21. The summed E-state index contributed by atoms with van der Waals surface area (Å²) in [6, 6.07) is 0. The molecule has 3 rings (SSSR count). The van der Waals surface area contributed by atoms with Gasteiger partial charge in [0.2, 0.25) is 0 Å². The number of ether oxygens (including phenoxy) is 1. The molecule has 9 heteroatoms. The van der Waals surface area contributed by atoms with E-state index in [1.165, 1.54) is 17.2 Å². The lowest BCUT2D eigenvalue weighted by atomic mass is 9.98. The standard InChI is InChI=1S/C12H14FN5O3/c1-2-12(3-19)8(13)7(20)11(21-12)18-5-17-6-9(14)15-4-16-10(6)18/h2,4-5,7-8,11,19-20H,1,3H2,(H2,14,15,16)/t7-,8+,11-,12-/m1/s1. The average Bonchev–Trinajstić information content (AvgIpc) is 3.02. The van der Waals surface area contributed by atoms with E-state index in [0.717, 1.165) is 6.08 Å². The molecule has 2 aromatic rings. The Labute approximate surface area is 118 Å². The topological polar surface area (TPSA) is 119 Å². The van der Waals surface area contributed by atoms with E-state index in [9.17, 15) is 14.6 Å². The van der Waals surface area contributed by atoms with Crippen molar-refractivity contribution in [2.45, 2.75) is 24.1 Å². The highest BCUT2D eigenvalue weighted by molar-refractivity contribution is 5.81. The molecule has 8 nitrogen and oxygen atoms in total. The van der Waals surface area contributed by atoms with Crippen LogP contribution in [0.5, 0.6) is 0 Å². The maximum absolute atomic E-state index is 14.3. The minimum absolute atomic E-state index is 0.167. The van der Waals surface area contributed by atoms with Crippen LogP contribution in [0.15, 0.2) is 25.3 Å². The summed E-state index contributed by atoms with van der Waals surface area (Å²) in [6.45, 7) is 2.81. The highest BCUT2D eigenvalue weighted by Crippen LogP contribution is 2.40. The molecule has 1 saturated heterocycles. The Balaban J connectivity index is 2.08. The number of hydrogen-bond donors (Lipinski definition) is 3. The third-order valence-electron chi connectivity index (χ3n) is 3.65. The van der Waals surface area contributed by atoms with Crippen LogP contribution < -0.4 is 5.73 Å². The van der Waals surface area contributed by atoms with Crippen LogP contribution in [-0.4, -0.2) is 54.2 Å². The predicted octanol–water partition coefficient (Wildman–Crippen LogP) is -0.447. The molecule has 0 aromatic carbocycles. The maximum Gasteiger partial charge on any atom is 0.167 e. The fourth-order valence-corrected chi connectivity index (χ4v) is 2.42. The number of halogens is 1. The van der Waals surface area contributed by atoms with Crippen molar-refractivity contribution in [1.82, 2.24) is 19.5 Å². The Kier molecular flexibility index (Phi) is 3.12. The van der Waals surface area contributed by atoms with Gasteiger partial charge in [-0.25, -0.2) is 19.3 Å². The van der Waals surface area contributed by atoms with Crippen LogP contribution >= 0.6 is 0 Å². The van der Waals surface area contributed by atoms with Crippen LogP contribution in [-0.2, 0) is 4.74 Å². The zero-order chi connectivity index (χ0) is 15.2. The number of rotatable bonds is 3. The molecule has 0 spiro atoms. The van der Waals surface area contributed by atoms with Crippen LogP contribution in [0.2, 0.25) is 0 Å². The molecular formula is C12H14FN5O3. The van der Waals surface area contributed by atoms with Gasteiger partial charge in [-0.3, -0.25) is 4.57 Å². The highest BCUT2D eigenvalue weighted by atomic mass is 19.1. The molecule has 2 aromatic heterocycles. The molecule has 1 fully saturated rings. The highest BCUT2D eigenvalue weighted by Gasteiger charge is 2.54. The minimum Gasteiger partial charge on any atom is -0.393 e. The minimum atomic E-state index is -1.83. The normalized spacial score (nSPS) is 32.6. The van der Waals surface area contributed by atoms with Gasteiger partial charge in [0.15, 0.2) is 23.9 Å². The van der Waals surface area contributed by atoms with Crippen molar-refractivity contribution in [3.8, 4) is 0 Å². The van der Waals surface area contributed by atoms with Crippen molar-refractivity contribution < 1.29 is 19.3 Å². The summed E-state index contributed by atoms with van der Waals surface area (Å²) < 4.78 is 21.1. The lowest BCUT2D eigenvalue weighted by Crippen LogP contribution is -2.41. The van der Waals surface area contributed by atoms with Crippen LogP contribution in [0, 0.1) is 0 Å². The molecule has 21 heavy (non-hydrogen) atoms. The molecule has 112 valence electrons. The first kappa shape index (κ1) is 13.9. The number of nitrogens with zero attached hydrogens (tertiary/aromatic N) is 4. The van der Waals surface area contributed by atoms with Crippen LogP contribution in [0.3, 0.4) is 0 Å². The largest absolute Gasteiger partial charge is 0.393 e. The molecule has 3 heterocycles. The number of alkyl halides is 1. The number of aromatic nitrogens is 4. The van der Waals surface area contributed by atoms with E-state index in [4.69, 9.17) is 10.5 Å². The summed E-state index contributed by atoms with van der Waals surface area (Å²) in [6.07, 6.45) is -0.748. The number of aliphatic hydroxyl groups excluding tert-OH is 2. The third-order valence-corrected chi connectivity index (χ3v) is 3.65. The quantitative estimate of drug-likeness (QED) is 0.656. The molecule has 4 atom stereocenters. The van der Waals surface area contributed by atoms with E-state index in [1.807, 2.05) is 0 Å². The van der Waals surface area contributed by atoms with Crippen molar-refractivity contribution in [2.75, 3.05) is 12.3 Å². The van der Waals surface area contributed by atoms with Crippen molar-refractivity contribution in [2.24, 2.45) is 0 Å². The lowest BCUT2D eigenvalue weighted by Gasteiger charge is -2.24. The number of nitrogens with two attached hydrogens (primary N) is 1. The lowest BCUT2D eigenvalue weighted by molar-refractivity contribution is -0.0895. The smallest absolute Gasteiger partial charge is 0.167 e. The van der Waals surface area contributed by atoms with Gasteiger partial charge in [-0.05, 0) is 0 Å². The summed E-state index contributed by atoms with van der Waals surface area (Å²) in [7, 11) is 0. The Morgan fingerprint density at radius 1 is 1.52 bits per heavy atom. The second-order valence-corrected chi connectivity index (χ2v) is 4.80. The summed E-state index contributed by atoms with van der Waals surface area (Å²) >= 11 is 0. The first-order valence-electron chi connectivity index (χ1n) is 6.21. The van der Waals surface area contributed by atoms with Crippen molar-refractivity contribution >= 4 is 17.0 Å². The van der Waals surface area contributed by atoms with E-state index < -0.39 is 30.7 Å². The van der Waals surface area contributed by atoms with E-state index in [0.29, 0.717) is 11.2 Å². The number of anilines is 1. The van der Waals surface area contributed by atoms with Crippen molar-refractivity contribution in [3.05, 3.63) is 25.3 Å². The predicted molar refractivity (Wildman–Crippen MR) is 70.8 cm³/mol. The van der Waals surface area contributed by atoms with Crippen LogP contribution in [0.1, 0.15) is 6.23 Å². The van der Waals surface area contributed by atoms with Gasteiger partial charge in [0.05, 0.1) is 12.9 Å². The van der Waals surface area contributed by atoms with Crippen LogP contribution in [0.25, 0.3) is 11.2 Å². The van der Waals surface area contributed by atoms with Gasteiger partial charge >= 0.3 is 0 Å². The Morgan fingerprint density at radius 2 is 2.29 bits per heavy atom. The van der Waals surface area contributed by atoms with Gasteiger partial charge in [0.1, 0.15) is 23.5 Å². The molecule has 4 N–H and O–H groups in total. The Morgan fingerprint density at radius 3 is 2.90 bits per heavy atom. The van der Waals surface area contributed by atoms with E-state index in [-0.39, 0.29) is 5.82 Å². The molecule has 0 bridgehead atoms. The monoisotopic (exact) mass is 295 g/mol. The van der Waals surface area contributed by atoms with Gasteiger partial charge in [-0.15, -0.1) is 6.58 Å². The molecule has 0 amide bonds. The average molecular weight is 295 g/mol. The zero-order valence-electron chi connectivity index (χ0n) is 10.9. The van der Waals surface area contributed by atoms with E-state index in [1.54, 1.807) is 0 Å². The summed E-state index contributed by atoms with van der Waals surface area (Å²) in [5, 5.41) is 19.4. The van der Waals surface area contributed by atoms with Gasteiger partial charge in [0.25, 0.3) is 0 Å². The molecule has 0 aliphatic carbocycles. The van der Waals surface area contributed by atoms with Crippen LogP contribution in [0.4, 0.5) is 10.2 Å². The number of aliphatic hydroxyl groups is 2. The summed E-state index contributed by atoms with van der Waals surface area (Å²) in [4.78, 5) is 11.8. The van der Waals surface area contributed by atoms with Gasteiger partial charge in [-0.2, -0.15) is 0 Å². The Bertz CT molecular complexity index is 693. The molecule has 0 saturated carbocycles. The van der Waals surface area contributed by atoms with Gasteiger partial charge in [0, 0.05) is 0 Å². The molecule has 1 aliphatic heterocycles. The first-order chi connectivity index (χ1) is 10.0. The second-order valence-electron chi connectivity index (χ2n) is 4.80. The molecular weight excluding hydrogens is 281 g/mol. The number of nitrogen functional groups attached to an aromatic ring is 1. The molecule has 1 aliphatic rings. The summed E-state index contributed by atoms with van der Waals surface area (Å²) in [5.41, 5.74) is 4.63. The number of hydrogen-bond acceptors (Lipinski definition) is 7. The number of fused-ring (bicyclic) bond motifs is 1. The van der Waals surface area contributed by atoms with E-state index in [2.05, 4.69) is 21.5 Å².